The summed E-state index contributed by atoms with van der Waals surface area (Å²) in [6.07, 6.45) is 1.79. The molecule has 6 nitrogen and oxygen atoms in total. The Bertz CT molecular complexity index is 465. The van der Waals surface area contributed by atoms with E-state index in [4.69, 9.17) is 5.11 Å². The van der Waals surface area contributed by atoms with Gasteiger partial charge in [0, 0.05) is 25.9 Å². The van der Waals surface area contributed by atoms with Crippen LogP contribution in [-0.4, -0.2) is 47.9 Å². The minimum atomic E-state index is -1.07. The number of thiol groups is 1. The Morgan fingerprint density at radius 3 is 2.74 bits per heavy atom. The van der Waals surface area contributed by atoms with Crippen LogP contribution in [0.25, 0.3) is 0 Å². The Morgan fingerprint density at radius 2 is 2.21 bits per heavy atom. The Morgan fingerprint density at radius 1 is 1.53 bits per heavy atom. The van der Waals surface area contributed by atoms with E-state index < -0.39 is 17.9 Å². The lowest BCUT2D eigenvalue weighted by Crippen LogP contribution is -2.41. The van der Waals surface area contributed by atoms with Crippen LogP contribution in [0.5, 0.6) is 0 Å². The Balaban J connectivity index is 2.82. The first-order valence-corrected chi connectivity index (χ1v) is 6.37. The van der Waals surface area contributed by atoms with Crippen molar-refractivity contribution in [1.29, 1.82) is 0 Å². The summed E-state index contributed by atoms with van der Waals surface area (Å²) in [7, 11) is 3.62. The molecule has 1 heterocycles. The smallest absolute Gasteiger partial charge is 0.326 e. The van der Waals surface area contributed by atoms with Crippen molar-refractivity contribution in [1.82, 2.24) is 10.3 Å². The number of carboxylic acid groups (broad SMARTS) is 1. The third kappa shape index (κ3) is 4.44. The van der Waals surface area contributed by atoms with Crippen molar-refractivity contribution < 1.29 is 14.7 Å². The molecule has 1 atom stereocenters. The SMILES string of the molecule is CN(C)c1cc(C(=O)NC(CCS)C(=O)O)ccn1. The van der Waals surface area contributed by atoms with Gasteiger partial charge in [-0.15, -0.1) is 0 Å². The first kappa shape index (κ1) is 15.3. The van der Waals surface area contributed by atoms with E-state index >= 15 is 0 Å². The highest BCUT2D eigenvalue weighted by molar-refractivity contribution is 7.80. The van der Waals surface area contributed by atoms with Crippen LogP contribution in [0.2, 0.25) is 0 Å². The molecular weight excluding hydrogens is 266 g/mol. The standard InChI is InChI=1S/C12H17N3O3S/c1-15(2)10-7-8(3-5-13-10)11(16)14-9(4-6-19)12(17)18/h3,5,7,9,19H,4,6H2,1-2H3,(H,14,16)(H,17,18). The fraction of sp³-hybridized carbons (Fsp3) is 0.417. The van der Waals surface area contributed by atoms with E-state index in [1.807, 2.05) is 14.1 Å². The zero-order valence-corrected chi connectivity index (χ0v) is 11.7. The van der Waals surface area contributed by atoms with E-state index in [0.717, 1.165) is 0 Å². The summed E-state index contributed by atoms with van der Waals surface area (Å²) in [5, 5.41) is 11.4. The van der Waals surface area contributed by atoms with Crippen molar-refractivity contribution >= 4 is 30.3 Å². The molecule has 1 rings (SSSR count). The fourth-order valence-corrected chi connectivity index (χ4v) is 1.69. The van der Waals surface area contributed by atoms with Crippen LogP contribution < -0.4 is 10.2 Å². The van der Waals surface area contributed by atoms with Crippen LogP contribution in [0.15, 0.2) is 18.3 Å². The van der Waals surface area contributed by atoms with Crippen LogP contribution in [-0.2, 0) is 4.79 Å². The molecule has 104 valence electrons. The molecule has 0 radical (unpaired) electrons. The lowest BCUT2D eigenvalue weighted by Gasteiger charge is -2.15. The van der Waals surface area contributed by atoms with Crippen molar-refractivity contribution in [3.8, 4) is 0 Å². The van der Waals surface area contributed by atoms with E-state index in [2.05, 4.69) is 22.9 Å². The number of amides is 1. The Hall–Kier alpha value is -1.76. The van der Waals surface area contributed by atoms with Crippen molar-refractivity contribution in [3.63, 3.8) is 0 Å². The topological polar surface area (TPSA) is 82.5 Å². The second-order valence-corrected chi connectivity index (χ2v) is 4.62. The number of aromatic nitrogens is 1. The zero-order chi connectivity index (χ0) is 14.4. The first-order valence-electron chi connectivity index (χ1n) is 5.73. The highest BCUT2D eigenvalue weighted by atomic mass is 32.1. The van der Waals surface area contributed by atoms with Gasteiger partial charge in [0.05, 0.1) is 0 Å². The Kier molecular flexibility index (Phi) is 5.62. The molecule has 0 fully saturated rings. The summed E-state index contributed by atoms with van der Waals surface area (Å²) < 4.78 is 0. The summed E-state index contributed by atoms with van der Waals surface area (Å²) in [5.41, 5.74) is 0.379. The quantitative estimate of drug-likeness (QED) is 0.668. The molecule has 0 saturated heterocycles. The minimum absolute atomic E-state index is 0.274. The van der Waals surface area contributed by atoms with E-state index in [0.29, 0.717) is 17.1 Å². The number of hydrogen-bond acceptors (Lipinski definition) is 5. The minimum Gasteiger partial charge on any atom is -0.480 e. The number of nitrogens with one attached hydrogen (secondary N) is 1. The highest BCUT2D eigenvalue weighted by Gasteiger charge is 2.20. The monoisotopic (exact) mass is 283 g/mol. The van der Waals surface area contributed by atoms with Crippen LogP contribution in [0.3, 0.4) is 0 Å². The van der Waals surface area contributed by atoms with Crippen molar-refractivity contribution in [2.24, 2.45) is 0 Å². The summed E-state index contributed by atoms with van der Waals surface area (Å²) >= 11 is 3.98. The van der Waals surface area contributed by atoms with Gasteiger partial charge in [-0.05, 0) is 24.3 Å². The lowest BCUT2D eigenvalue weighted by atomic mass is 10.2. The van der Waals surface area contributed by atoms with Crippen LogP contribution in [0.1, 0.15) is 16.8 Å². The summed E-state index contributed by atoms with van der Waals surface area (Å²) in [6, 6.07) is 2.22. The van der Waals surface area contributed by atoms with Gasteiger partial charge in [0.25, 0.3) is 5.91 Å². The largest absolute Gasteiger partial charge is 0.480 e. The molecule has 0 aliphatic carbocycles. The number of aliphatic carboxylic acids is 1. The predicted octanol–water partition coefficient (Wildman–Crippen LogP) is 0.650. The number of nitrogens with zero attached hydrogens (tertiary/aromatic N) is 2. The number of hydrogen-bond donors (Lipinski definition) is 3. The molecule has 19 heavy (non-hydrogen) atoms. The molecule has 1 amide bonds. The number of carbonyl (C=O) groups is 2. The molecular formula is C12H17N3O3S. The number of carbonyl (C=O) groups excluding carboxylic acids is 1. The number of anilines is 1. The molecule has 0 aromatic carbocycles. The average Bonchev–Trinajstić information content (AvgIpc) is 2.38. The molecule has 1 unspecified atom stereocenters. The van der Waals surface area contributed by atoms with Gasteiger partial charge in [-0.1, -0.05) is 0 Å². The zero-order valence-electron chi connectivity index (χ0n) is 10.8. The van der Waals surface area contributed by atoms with Gasteiger partial charge >= 0.3 is 5.97 Å². The molecule has 0 bridgehead atoms. The van der Waals surface area contributed by atoms with E-state index in [1.54, 1.807) is 17.0 Å². The third-order valence-electron chi connectivity index (χ3n) is 2.49. The van der Waals surface area contributed by atoms with Gasteiger partial charge < -0.3 is 15.3 Å². The van der Waals surface area contributed by atoms with Crippen LogP contribution >= 0.6 is 12.6 Å². The summed E-state index contributed by atoms with van der Waals surface area (Å²) in [5.74, 6) is -0.478. The van der Waals surface area contributed by atoms with Gasteiger partial charge in [-0.25, -0.2) is 9.78 Å². The summed E-state index contributed by atoms with van der Waals surface area (Å²) in [4.78, 5) is 28.8. The lowest BCUT2D eigenvalue weighted by molar-refractivity contribution is -0.139. The van der Waals surface area contributed by atoms with Crippen LogP contribution in [0, 0.1) is 0 Å². The number of carboxylic acids is 1. The molecule has 7 heteroatoms. The Labute approximate surface area is 117 Å². The van der Waals surface area contributed by atoms with E-state index in [9.17, 15) is 9.59 Å². The molecule has 0 saturated carbocycles. The molecule has 0 aliphatic rings. The van der Waals surface area contributed by atoms with Crippen molar-refractivity contribution in [2.75, 3.05) is 24.7 Å². The number of pyridine rings is 1. The molecule has 1 aromatic rings. The van der Waals surface area contributed by atoms with E-state index in [-0.39, 0.29) is 6.42 Å². The predicted molar refractivity (Wildman–Crippen MR) is 75.9 cm³/mol. The fourth-order valence-electron chi connectivity index (χ4n) is 1.43. The molecule has 0 spiro atoms. The maximum absolute atomic E-state index is 12.0. The van der Waals surface area contributed by atoms with Gasteiger partial charge in [0.15, 0.2) is 0 Å². The van der Waals surface area contributed by atoms with Gasteiger partial charge in [-0.3, -0.25) is 4.79 Å². The second-order valence-electron chi connectivity index (χ2n) is 4.17. The molecule has 1 aromatic heterocycles. The van der Waals surface area contributed by atoms with Gasteiger partial charge in [-0.2, -0.15) is 12.6 Å². The van der Waals surface area contributed by atoms with Crippen molar-refractivity contribution in [3.05, 3.63) is 23.9 Å². The normalized spacial score (nSPS) is 11.7. The maximum Gasteiger partial charge on any atom is 0.326 e. The summed E-state index contributed by atoms with van der Waals surface area (Å²) in [6.45, 7) is 0. The van der Waals surface area contributed by atoms with Crippen LogP contribution in [0.4, 0.5) is 5.82 Å². The van der Waals surface area contributed by atoms with Gasteiger partial charge in [0.2, 0.25) is 0 Å². The number of rotatable bonds is 6. The molecule has 2 N–H and O–H groups in total. The second kappa shape index (κ2) is 6.98. The average molecular weight is 283 g/mol. The third-order valence-corrected chi connectivity index (χ3v) is 2.75. The first-order chi connectivity index (χ1) is 8.95. The van der Waals surface area contributed by atoms with E-state index in [1.165, 1.54) is 6.20 Å². The maximum atomic E-state index is 12.0. The van der Waals surface area contributed by atoms with Crippen molar-refractivity contribution in [2.45, 2.75) is 12.5 Å². The molecule has 0 aliphatic heterocycles. The highest BCUT2D eigenvalue weighted by Crippen LogP contribution is 2.10. The van der Waals surface area contributed by atoms with Gasteiger partial charge in [0.1, 0.15) is 11.9 Å².